The molecule has 2 N–H and O–H groups in total. The van der Waals surface area contributed by atoms with Gasteiger partial charge in [-0.15, -0.1) is 12.4 Å². The van der Waals surface area contributed by atoms with Gasteiger partial charge in [-0.3, -0.25) is 0 Å². The molecule has 1 heterocycles. The predicted octanol–water partition coefficient (Wildman–Crippen LogP) is 1.88. The van der Waals surface area contributed by atoms with Crippen LogP contribution in [0.3, 0.4) is 0 Å². The summed E-state index contributed by atoms with van der Waals surface area (Å²) in [6.45, 7) is 2.28. The smallest absolute Gasteiger partial charge is 0.247 e. The first kappa shape index (κ1) is 19.7. The van der Waals surface area contributed by atoms with Gasteiger partial charge in [-0.05, 0) is 38.0 Å². The maximum absolute atomic E-state index is 13.0. The Morgan fingerprint density at radius 1 is 1.43 bits per heavy atom. The van der Waals surface area contributed by atoms with Crippen LogP contribution < -0.4 is 10.5 Å². The Morgan fingerprint density at radius 2 is 2.13 bits per heavy atom. The fourth-order valence-electron chi connectivity index (χ4n) is 2.83. The molecule has 2 unspecified atom stereocenters. The highest BCUT2D eigenvalue weighted by molar-refractivity contribution is 7.89. The van der Waals surface area contributed by atoms with Crippen LogP contribution in [-0.4, -0.2) is 38.5 Å². The molecule has 8 heteroatoms. The Labute approximate surface area is 143 Å². The fourth-order valence-corrected chi connectivity index (χ4v) is 4.74. The van der Waals surface area contributed by atoms with E-state index in [-0.39, 0.29) is 35.1 Å². The van der Waals surface area contributed by atoms with Gasteiger partial charge in [0.15, 0.2) is 0 Å². The Bertz CT molecular complexity index is 686. The van der Waals surface area contributed by atoms with Crippen molar-refractivity contribution in [1.82, 2.24) is 4.31 Å². The van der Waals surface area contributed by atoms with Crippen molar-refractivity contribution < 1.29 is 13.2 Å². The zero-order valence-corrected chi connectivity index (χ0v) is 14.9. The molecule has 128 valence electrons. The monoisotopic (exact) mass is 359 g/mol. The number of hydrogen-bond donors (Lipinski definition) is 1. The van der Waals surface area contributed by atoms with Crippen molar-refractivity contribution in [3.63, 3.8) is 0 Å². The molecule has 0 amide bonds. The summed E-state index contributed by atoms with van der Waals surface area (Å²) < 4.78 is 32.6. The van der Waals surface area contributed by atoms with Gasteiger partial charge in [0, 0.05) is 18.6 Å². The number of methoxy groups -OCH3 is 1. The van der Waals surface area contributed by atoms with Gasteiger partial charge in [0.1, 0.15) is 10.6 Å². The fraction of sp³-hybridized carbons (Fsp3) is 0.533. The molecule has 0 aromatic heterocycles. The first-order valence-corrected chi connectivity index (χ1v) is 8.71. The van der Waals surface area contributed by atoms with Crippen molar-refractivity contribution in [2.75, 3.05) is 13.7 Å². The van der Waals surface area contributed by atoms with E-state index in [1.165, 1.54) is 29.6 Å². The topological polar surface area (TPSA) is 96.4 Å². The third-order valence-electron chi connectivity index (χ3n) is 3.98. The second kappa shape index (κ2) is 7.97. The highest BCUT2D eigenvalue weighted by Gasteiger charge is 2.36. The van der Waals surface area contributed by atoms with Gasteiger partial charge < -0.3 is 10.5 Å². The maximum Gasteiger partial charge on any atom is 0.247 e. The van der Waals surface area contributed by atoms with Crippen LogP contribution in [0.4, 0.5) is 0 Å². The Hall–Kier alpha value is -1.33. The molecule has 1 aromatic carbocycles. The molecule has 0 bridgehead atoms. The second-order valence-electron chi connectivity index (χ2n) is 5.52. The highest BCUT2D eigenvalue weighted by Crippen LogP contribution is 2.32. The van der Waals surface area contributed by atoms with E-state index < -0.39 is 10.0 Å². The van der Waals surface area contributed by atoms with Gasteiger partial charge in [-0.1, -0.05) is 6.42 Å². The number of piperidine rings is 1. The lowest BCUT2D eigenvalue weighted by molar-refractivity contribution is 0.226. The normalized spacial score (nSPS) is 20.2. The van der Waals surface area contributed by atoms with E-state index in [4.69, 9.17) is 15.7 Å². The number of nitrogens with two attached hydrogens (primary N) is 1. The summed E-state index contributed by atoms with van der Waals surface area (Å²) in [5, 5.41) is 8.93. The molecule has 1 fully saturated rings. The summed E-state index contributed by atoms with van der Waals surface area (Å²) in [6, 6.07) is 5.89. The molecule has 23 heavy (non-hydrogen) atoms. The summed E-state index contributed by atoms with van der Waals surface area (Å²) in [6.07, 6.45) is 2.55. The Morgan fingerprint density at radius 3 is 2.70 bits per heavy atom. The molecule has 2 rings (SSSR count). The number of nitrogens with zero attached hydrogens (tertiary/aromatic N) is 2. The number of sulfonamides is 1. The lowest BCUT2D eigenvalue weighted by atomic mass is 10.00. The van der Waals surface area contributed by atoms with Gasteiger partial charge in [0.05, 0.1) is 18.7 Å². The average molecular weight is 360 g/mol. The minimum atomic E-state index is -3.71. The molecule has 1 aliphatic heterocycles. The summed E-state index contributed by atoms with van der Waals surface area (Å²) in [5.41, 5.74) is 6.33. The first-order chi connectivity index (χ1) is 10.4. The van der Waals surface area contributed by atoms with Crippen molar-refractivity contribution >= 4 is 22.4 Å². The van der Waals surface area contributed by atoms with Crippen LogP contribution in [0, 0.1) is 11.3 Å². The standard InChI is InChI=1S/C15H21N3O3S.ClH/c1-11(17)13-5-3-4-8-18(13)22(19,20)15-7-6-12(10-16)9-14(15)21-2;/h6-7,9,11,13H,3-5,8,17H2,1-2H3;1H. The van der Waals surface area contributed by atoms with E-state index in [2.05, 4.69) is 0 Å². The van der Waals surface area contributed by atoms with E-state index >= 15 is 0 Å². The number of hydrogen-bond acceptors (Lipinski definition) is 5. The van der Waals surface area contributed by atoms with E-state index in [1.54, 1.807) is 0 Å². The van der Waals surface area contributed by atoms with Crippen LogP contribution in [0.1, 0.15) is 31.7 Å². The Balaban J connectivity index is 0.00000264. The van der Waals surface area contributed by atoms with Crippen molar-refractivity contribution in [1.29, 1.82) is 5.26 Å². The number of ether oxygens (including phenoxy) is 1. The molecule has 1 aromatic rings. The SMILES string of the molecule is COc1cc(C#N)ccc1S(=O)(=O)N1CCCCC1C(C)N.Cl. The molecule has 1 aliphatic rings. The molecule has 0 saturated carbocycles. The summed E-state index contributed by atoms with van der Waals surface area (Å²) in [7, 11) is -2.31. The van der Waals surface area contributed by atoms with Crippen molar-refractivity contribution in [3.8, 4) is 11.8 Å². The molecule has 0 spiro atoms. The molecule has 1 saturated heterocycles. The number of halogens is 1. The van der Waals surface area contributed by atoms with Crippen molar-refractivity contribution in [3.05, 3.63) is 23.8 Å². The minimum absolute atomic E-state index is 0. The van der Waals surface area contributed by atoms with Crippen molar-refractivity contribution in [2.24, 2.45) is 5.73 Å². The molecule has 2 atom stereocenters. The van der Waals surface area contributed by atoms with Gasteiger partial charge in [-0.2, -0.15) is 9.57 Å². The third-order valence-corrected chi connectivity index (χ3v) is 5.95. The molecular weight excluding hydrogens is 338 g/mol. The molecule has 0 radical (unpaired) electrons. The quantitative estimate of drug-likeness (QED) is 0.885. The highest BCUT2D eigenvalue weighted by atomic mass is 35.5. The lowest BCUT2D eigenvalue weighted by Gasteiger charge is -2.37. The van der Waals surface area contributed by atoms with Crippen LogP contribution in [0.5, 0.6) is 5.75 Å². The first-order valence-electron chi connectivity index (χ1n) is 7.27. The minimum Gasteiger partial charge on any atom is -0.495 e. The molecule has 0 aliphatic carbocycles. The average Bonchev–Trinajstić information content (AvgIpc) is 2.54. The predicted molar refractivity (Wildman–Crippen MR) is 90.1 cm³/mol. The number of nitriles is 1. The van der Waals surface area contributed by atoms with E-state index in [1.807, 2.05) is 13.0 Å². The van der Waals surface area contributed by atoms with Crippen LogP contribution in [0.2, 0.25) is 0 Å². The van der Waals surface area contributed by atoms with E-state index in [0.717, 1.165) is 19.3 Å². The lowest BCUT2D eigenvalue weighted by Crippen LogP contribution is -2.51. The second-order valence-corrected chi connectivity index (χ2v) is 7.37. The van der Waals surface area contributed by atoms with Crippen LogP contribution in [0.25, 0.3) is 0 Å². The molecule has 6 nitrogen and oxygen atoms in total. The largest absolute Gasteiger partial charge is 0.495 e. The van der Waals surface area contributed by atoms with Crippen LogP contribution in [0.15, 0.2) is 23.1 Å². The van der Waals surface area contributed by atoms with Gasteiger partial charge in [-0.25, -0.2) is 8.42 Å². The maximum atomic E-state index is 13.0. The number of benzene rings is 1. The third kappa shape index (κ3) is 3.96. The van der Waals surface area contributed by atoms with Crippen molar-refractivity contribution in [2.45, 2.75) is 43.2 Å². The van der Waals surface area contributed by atoms with E-state index in [0.29, 0.717) is 12.1 Å². The van der Waals surface area contributed by atoms with Crippen LogP contribution in [-0.2, 0) is 10.0 Å². The zero-order valence-electron chi connectivity index (χ0n) is 13.2. The zero-order chi connectivity index (χ0) is 16.3. The summed E-state index contributed by atoms with van der Waals surface area (Å²) >= 11 is 0. The summed E-state index contributed by atoms with van der Waals surface area (Å²) in [4.78, 5) is 0.0848. The summed E-state index contributed by atoms with van der Waals surface area (Å²) in [5.74, 6) is 0.188. The van der Waals surface area contributed by atoms with Gasteiger partial charge >= 0.3 is 0 Å². The number of rotatable bonds is 4. The van der Waals surface area contributed by atoms with Gasteiger partial charge in [0.2, 0.25) is 10.0 Å². The van der Waals surface area contributed by atoms with Gasteiger partial charge in [0.25, 0.3) is 0 Å². The van der Waals surface area contributed by atoms with E-state index in [9.17, 15) is 8.42 Å². The molecular formula is C15H22ClN3O3S. The van der Waals surface area contributed by atoms with Crippen LogP contribution >= 0.6 is 12.4 Å². The Kier molecular flexibility index (Phi) is 6.84.